The van der Waals surface area contributed by atoms with Crippen molar-refractivity contribution in [3.05, 3.63) is 65.4 Å². The maximum atomic E-state index is 12.6. The monoisotopic (exact) mass is 334 g/mol. The summed E-state index contributed by atoms with van der Waals surface area (Å²) in [5.74, 6) is 0.0710. The number of amides is 1. The number of anilines is 1. The number of hydrogen-bond donors (Lipinski definition) is 1. The zero-order valence-electron chi connectivity index (χ0n) is 14.3. The van der Waals surface area contributed by atoms with E-state index in [2.05, 4.69) is 10.3 Å². The van der Waals surface area contributed by atoms with Crippen molar-refractivity contribution in [1.29, 1.82) is 0 Å². The first-order valence-corrected chi connectivity index (χ1v) is 7.86. The number of nitrogens with zero attached hydrogens (tertiary/aromatic N) is 1. The fraction of sp³-hybridized carbons (Fsp3) is 0.150. The van der Waals surface area contributed by atoms with Gasteiger partial charge in [-0.25, -0.2) is 4.98 Å². The number of carbonyl (C=O) groups excluding carboxylic acids is 2. The van der Waals surface area contributed by atoms with Crippen LogP contribution in [0.25, 0.3) is 10.8 Å². The summed E-state index contributed by atoms with van der Waals surface area (Å²) in [6, 6.07) is 14.5. The number of aryl methyl sites for hydroxylation is 1. The summed E-state index contributed by atoms with van der Waals surface area (Å²) in [7, 11) is 1.53. The number of carbonyl (C=O) groups is 2. The fourth-order valence-electron chi connectivity index (χ4n) is 2.77. The molecule has 0 saturated carbocycles. The van der Waals surface area contributed by atoms with Gasteiger partial charge in [0.15, 0.2) is 5.78 Å². The Labute approximate surface area is 145 Å². The lowest BCUT2D eigenvalue weighted by atomic mass is 10.0. The summed E-state index contributed by atoms with van der Waals surface area (Å²) in [5, 5.41) is 4.54. The molecule has 2 aromatic carbocycles. The molecule has 1 amide bonds. The molecule has 0 unspecified atom stereocenters. The van der Waals surface area contributed by atoms with Crippen LogP contribution in [-0.4, -0.2) is 23.8 Å². The highest BCUT2D eigenvalue weighted by Gasteiger charge is 2.13. The molecule has 1 aromatic heterocycles. The summed E-state index contributed by atoms with van der Waals surface area (Å²) >= 11 is 0. The van der Waals surface area contributed by atoms with Gasteiger partial charge in [-0.15, -0.1) is 0 Å². The van der Waals surface area contributed by atoms with Gasteiger partial charge in [-0.1, -0.05) is 18.2 Å². The van der Waals surface area contributed by atoms with Crippen molar-refractivity contribution >= 4 is 28.2 Å². The number of pyridine rings is 1. The lowest BCUT2D eigenvalue weighted by Crippen LogP contribution is -2.14. The van der Waals surface area contributed by atoms with Gasteiger partial charge in [-0.05, 0) is 55.1 Å². The number of rotatable bonds is 4. The minimum atomic E-state index is -0.334. The maximum Gasteiger partial charge on any atom is 0.274 e. The molecule has 0 atom stereocenters. The number of methoxy groups -OCH3 is 1. The summed E-state index contributed by atoms with van der Waals surface area (Å²) in [6.07, 6.45) is 0. The Kier molecular flexibility index (Phi) is 4.48. The molecule has 1 heterocycles. The van der Waals surface area contributed by atoms with Gasteiger partial charge in [-0.2, -0.15) is 0 Å². The Morgan fingerprint density at radius 1 is 1.08 bits per heavy atom. The molecule has 5 heteroatoms. The third-order valence-corrected chi connectivity index (χ3v) is 3.99. The largest absolute Gasteiger partial charge is 0.481 e. The molecule has 5 nitrogen and oxygen atoms in total. The fourth-order valence-corrected chi connectivity index (χ4v) is 2.77. The Morgan fingerprint density at radius 2 is 1.84 bits per heavy atom. The van der Waals surface area contributed by atoms with Crippen LogP contribution in [0.1, 0.15) is 33.3 Å². The smallest absolute Gasteiger partial charge is 0.274 e. The molecule has 25 heavy (non-hydrogen) atoms. The molecular formula is C20H18N2O3. The van der Waals surface area contributed by atoms with Crippen molar-refractivity contribution in [3.63, 3.8) is 0 Å². The van der Waals surface area contributed by atoms with Crippen molar-refractivity contribution < 1.29 is 14.3 Å². The Morgan fingerprint density at radius 3 is 2.52 bits per heavy atom. The second kappa shape index (κ2) is 6.73. The highest BCUT2D eigenvalue weighted by molar-refractivity contribution is 6.06. The van der Waals surface area contributed by atoms with Gasteiger partial charge in [0.05, 0.1) is 7.11 Å². The quantitative estimate of drug-likeness (QED) is 0.732. The highest BCUT2D eigenvalue weighted by Crippen LogP contribution is 2.25. The van der Waals surface area contributed by atoms with Crippen LogP contribution >= 0.6 is 0 Å². The maximum absolute atomic E-state index is 12.6. The average Bonchev–Trinajstić information content (AvgIpc) is 2.60. The molecule has 126 valence electrons. The molecule has 0 saturated heterocycles. The lowest BCUT2D eigenvalue weighted by molar-refractivity contribution is 0.101. The molecule has 0 fully saturated rings. The standard InChI is InChI=1S/C20H18N2O3/c1-12-10-15(8-9-16(12)13(2)23)21-19(24)18-11-14-6-4-5-7-17(14)20(22-18)25-3/h4-11H,1-3H3,(H,21,24). The van der Waals surface area contributed by atoms with Crippen LogP contribution < -0.4 is 10.1 Å². The van der Waals surface area contributed by atoms with Gasteiger partial charge in [-0.3, -0.25) is 9.59 Å². The van der Waals surface area contributed by atoms with Crippen molar-refractivity contribution in [2.75, 3.05) is 12.4 Å². The Bertz CT molecular complexity index is 980. The Hall–Kier alpha value is -3.21. The first kappa shape index (κ1) is 16.6. The van der Waals surface area contributed by atoms with Crippen LogP contribution in [-0.2, 0) is 0 Å². The van der Waals surface area contributed by atoms with E-state index in [9.17, 15) is 9.59 Å². The van der Waals surface area contributed by atoms with Crippen LogP contribution in [0.4, 0.5) is 5.69 Å². The number of ketones is 1. The molecule has 0 aliphatic rings. The zero-order valence-corrected chi connectivity index (χ0v) is 14.3. The van der Waals surface area contributed by atoms with Gasteiger partial charge >= 0.3 is 0 Å². The first-order valence-electron chi connectivity index (χ1n) is 7.86. The summed E-state index contributed by atoms with van der Waals surface area (Å²) < 4.78 is 5.30. The van der Waals surface area contributed by atoms with Gasteiger partial charge in [0.1, 0.15) is 5.69 Å². The molecule has 1 N–H and O–H groups in total. The summed E-state index contributed by atoms with van der Waals surface area (Å²) in [6.45, 7) is 3.36. The number of fused-ring (bicyclic) bond motifs is 1. The van der Waals surface area contributed by atoms with E-state index in [0.717, 1.165) is 16.3 Å². The van der Waals surface area contributed by atoms with Gasteiger partial charge in [0.25, 0.3) is 5.91 Å². The molecule has 0 bridgehead atoms. The van der Waals surface area contributed by atoms with E-state index in [1.54, 1.807) is 24.3 Å². The highest BCUT2D eigenvalue weighted by atomic mass is 16.5. The molecule has 3 aromatic rings. The second-order valence-electron chi connectivity index (χ2n) is 5.78. The van der Waals surface area contributed by atoms with Crippen molar-refractivity contribution in [3.8, 4) is 5.88 Å². The van der Waals surface area contributed by atoms with Crippen LogP contribution in [0.2, 0.25) is 0 Å². The van der Waals surface area contributed by atoms with E-state index in [1.807, 2.05) is 31.2 Å². The number of Topliss-reactive ketones (excluding diaryl/α,β-unsaturated/α-hetero) is 1. The molecule has 0 aliphatic heterocycles. The van der Waals surface area contributed by atoms with E-state index in [-0.39, 0.29) is 17.4 Å². The number of nitrogens with one attached hydrogen (secondary N) is 1. The summed E-state index contributed by atoms with van der Waals surface area (Å²) in [4.78, 5) is 28.4. The second-order valence-corrected chi connectivity index (χ2v) is 5.78. The van der Waals surface area contributed by atoms with Crippen LogP contribution in [0.15, 0.2) is 48.5 Å². The predicted octanol–water partition coefficient (Wildman–Crippen LogP) is 4.01. The van der Waals surface area contributed by atoms with Crippen molar-refractivity contribution in [2.45, 2.75) is 13.8 Å². The molecule has 0 spiro atoms. The first-order chi connectivity index (χ1) is 12.0. The molecular weight excluding hydrogens is 316 g/mol. The van der Waals surface area contributed by atoms with Crippen molar-refractivity contribution in [2.24, 2.45) is 0 Å². The lowest BCUT2D eigenvalue weighted by Gasteiger charge is -2.10. The van der Waals surface area contributed by atoms with Crippen LogP contribution in [0.3, 0.4) is 0 Å². The average molecular weight is 334 g/mol. The third kappa shape index (κ3) is 3.35. The van der Waals surface area contributed by atoms with Gasteiger partial charge in [0, 0.05) is 16.6 Å². The topological polar surface area (TPSA) is 68.3 Å². The predicted molar refractivity (Wildman–Crippen MR) is 97.4 cm³/mol. The van der Waals surface area contributed by atoms with E-state index >= 15 is 0 Å². The molecule has 3 rings (SSSR count). The minimum absolute atomic E-state index is 0.00342. The van der Waals surface area contributed by atoms with Crippen LogP contribution in [0.5, 0.6) is 5.88 Å². The third-order valence-electron chi connectivity index (χ3n) is 3.99. The van der Waals surface area contributed by atoms with E-state index in [0.29, 0.717) is 17.1 Å². The van der Waals surface area contributed by atoms with E-state index < -0.39 is 0 Å². The van der Waals surface area contributed by atoms with E-state index in [1.165, 1.54) is 14.0 Å². The molecule has 0 radical (unpaired) electrons. The minimum Gasteiger partial charge on any atom is -0.481 e. The number of aromatic nitrogens is 1. The summed E-state index contributed by atoms with van der Waals surface area (Å²) in [5.41, 5.74) is 2.34. The zero-order chi connectivity index (χ0) is 18.0. The number of ether oxygens (including phenoxy) is 1. The normalized spacial score (nSPS) is 10.5. The number of benzene rings is 2. The molecule has 0 aliphatic carbocycles. The Balaban J connectivity index is 1.92. The van der Waals surface area contributed by atoms with E-state index in [4.69, 9.17) is 4.74 Å². The SMILES string of the molecule is COc1nc(C(=O)Nc2ccc(C(C)=O)c(C)c2)cc2ccccc12. The number of hydrogen-bond acceptors (Lipinski definition) is 4. The van der Waals surface area contributed by atoms with Gasteiger partial charge in [0.2, 0.25) is 5.88 Å². The van der Waals surface area contributed by atoms with Crippen LogP contribution in [0, 0.1) is 6.92 Å². The van der Waals surface area contributed by atoms with Gasteiger partial charge < -0.3 is 10.1 Å². The van der Waals surface area contributed by atoms with Crippen molar-refractivity contribution in [1.82, 2.24) is 4.98 Å².